The molecule has 0 aromatic heterocycles. The predicted octanol–water partition coefficient (Wildman–Crippen LogP) is 0.968. The van der Waals surface area contributed by atoms with E-state index in [0.29, 0.717) is 11.0 Å². The molecule has 3 N–H and O–H groups in total. The third-order valence-corrected chi connectivity index (χ3v) is 2.81. The minimum atomic E-state index is -1.54. The number of aromatic hydroxyl groups is 1. The molecule has 20 heavy (non-hydrogen) atoms. The van der Waals surface area contributed by atoms with Crippen molar-refractivity contribution in [2.24, 2.45) is 0 Å². The molecule has 2 aromatic rings. The van der Waals surface area contributed by atoms with Crippen molar-refractivity contribution < 1.29 is 19.9 Å². The molecule has 0 unspecified atom stereocenters. The van der Waals surface area contributed by atoms with E-state index < -0.39 is 7.12 Å². The largest absolute Gasteiger partial charge is 0.508 e. The zero-order chi connectivity index (χ0) is 14.5. The molecule has 0 radical (unpaired) electrons. The van der Waals surface area contributed by atoms with Gasteiger partial charge in [-0.15, -0.1) is 0 Å². The van der Waals surface area contributed by atoms with Crippen LogP contribution >= 0.6 is 0 Å². The lowest BCUT2D eigenvalue weighted by atomic mass is 9.80. The molecule has 0 bridgehead atoms. The maximum Gasteiger partial charge on any atom is 0.488 e. The van der Waals surface area contributed by atoms with Gasteiger partial charge in [0.05, 0.1) is 0 Å². The second kappa shape index (κ2) is 6.19. The summed E-state index contributed by atoms with van der Waals surface area (Å²) in [5, 5.41) is 27.1. The zero-order valence-electron chi connectivity index (χ0n) is 10.6. The molecule has 0 saturated heterocycles. The molecule has 100 valence electrons. The quantitative estimate of drug-likeness (QED) is 0.438. The third-order valence-electron chi connectivity index (χ3n) is 2.81. The molecule has 0 spiro atoms. The van der Waals surface area contributed by atoms with Gasteiger partial charge in [-0.05, 0) is 29.2 Å². The molecule has 0 fully saturated rings. The highest BCUT2D eigenvalue weighted by atomic mass is 16.4. The normalized spacial score (nSPS) is 10.7. The first-order valence-electron chi connectivity index (χ1n) is 6.04. The molecular formula is C15H13BO4. The number of benzene rings is 2. The second-order valence-corrected chi connectivity index (χ2v) is 4.28. The number of hydrogen-bond acceptors (Lipinski definition) is 4. The fourth-order valence-corrected chi connectivity index (χ4v) is 1.67. The van der Waals surface area contributed by atoms with Crippen LogP contribution in [0.1, 0.15) is 15.9 Å². The number of rotatable bonds is 4. The molecule has 0 aliphatic carbocycles. The van der Waals surface area contributed by atoms with Gasteiger partial charge in [-0.25, -0.2) is 0 Å². The fourth-order valence-electron chi connectivity index (χ4n) is 1.67. The van der Waals surface area contributed by atoms with E-state index in [2.05, 4.69) is 0 Å². The molecule has 0 heterocycles. The highest BCUT2D eigenvalue weighted by molar-refractivity contribution is 6.58. The number of carbonyl (C=O) groups is 1. The maximum atomic E-state index is 11.9. The van der Waals surface area contributed by atoms with Crippen LogP contribution in [0.25, 0.3) is 6.08 Å². The van der Waals surface area contributed by atoms with Gasteiger partial charge in [0, 0.05) is 5.56 Å². The van der Waals surface area contributed by atoms with Crippen LogP contribution in [-0.2, 0) is 0 Å². The Morgan fingerprint density at radius 3 is 2.10 bits per heavy atom. The van der Waals surface area contributed by atoms with Crippen LogP contribution in [0.3, 0.4) is 0 Å². The van der Waals surface area contributed by atoms with Gasteiger partial charge >= 0.3 is 7.12 Å². The summed E-state index contributed by atoms with van der Waals surface area (Å²) in [4.78, 5) is 11.9. The number of hydrogen-bond donors (Lipinski definition) is 3. The van der Waals surface area contributed by atoms with Gasteiger partial charge in [0.2, 0.25) is 0 Å². The topological polar surface area (TPSA) is 77.8 Å². The molecule has 0 aliphatic heterocycles. The Hall–Kier alpha value is -2.37. The van der Waals surface area contributed by atoms with E-state index in [1.165, 1.54) is 30.3 Å². The van der Waals surface area contributed by atoms with Gasteiger partial charge in [-0.2, -0.15) is 0 Å². The van der Waals surface area contributed by atoms with E-state index in [9.17, 15) is 4.79 Å². The fraction of sp³-hybridized carbons (Fsp3) is 0. The van der Waals surface area contributed by atoms with Crippen molar-refractivity contribution in [2.45, 2.75) is 0 Å². The van der Waals surface area contributed by atoms with Gasteiger partial charge in [0.1, 0.15) is 5.75 Å². The van der Waals surface area contributed by atoms with Gasteiger partial charge in [-0.1, -0.05) is 42.5 Å². The Morgan fingerprint density at radius 1 is 0.950 bits per heavy atom. The smallest absolute Gasteiger partial charge is 0.488 e. The minimum Gasteiger partial charge on any atom is -0.508 e. The van der Waals surface area contributed by atoms with E-state index >= 15 is 0 Å². The lowest BCUT2D eigenvalue weighted by Crippen LogP contribution is -2.29. The Morgan fingerprint density at radius 2 is 1.55 bits per heavy atom. The van der Waals surface area contributed by atoms with Crippen molar-refractivity contribution in [3.8, 4) is 5.75 Å². The molecule has 4 nitrogen and oxygen atoms in total. The van der Waals surface area contributed by atoms with Crippen LogP contribution in [0.5, 0.6) is 5.75 Å². The van der Waals surface area contributed by atoms with Crippen molar-refractivity contribution in [3.05, 3.63) is 65.7 Å². The van der Waals surface area contributed by atoms with Gasteiger partial charge in [0.25, 0.3) is 0 Å². The lowest BCUT2D eigenvalue weighted by molar-refractivity contribution is 0.104. The van der Waals surface area contributed by atoms with Crippen molar-refractivity contribution in [1.29, 1.82) is 0 Å². The Kier molecular flexibility index (Phi) is 4.35. The summed E-state index contributed by atoms with van der Waals surface area (Å²) in [5.41, 5.74) is 1.60. The van der Waals surface area contributed by atoms with Crippen molar-refractivity contribution in [3.63, 3.8) is 0 Å². The average Bonchev–Trinajstić information content (AvgIpc) is 2.46. The SMILES string of the molecule is O=C(/C=C/c1ccc(O)cc1)c1ccc(B(O)O)cc1. The van der Waals surface area contributed by atoms with Crippen LogP contribution in [0.4, 0.5) is 0 Å². The number of phenolic OH excluding ortho intramolecular Hbond substituents is 1. The molecule has 2 rings (SSSR count). The van der Waals surface area contributed by atoms with Crippen LogP contribution in [0.2, 0.25) is 0 Å². The molecule has 0 saturated carbocycles. The summed E-state index contributed by atoms with van der Waals surface area (Å²) in [7, 11) is -1.54. The van der Waals surface area contributed by atoms with Crippen molar-refractivity contribution in [2.75, 3.05) is 0 Å². The first kappa shape index (κ1) is 14.1. The minimum absolute atomic E-state index is 0.173. The number of allylic oxidation sites excluding steroid dienone is 1. The van der Waals surface area contributed by atoms with Crippen molar-refractivity contribution >= 4 is 24.4 Å². The average molecular weight is 268 g/mol. The highest BCUT2D eigenvalue weighted by Crippen LogP contribution is 2.11. The molecule has 0 amide bonds. The Bertz CT molecular complexity index is 615. The molecule has 5 heteroatoms. The van der Waals surface area contributed by atoms with Crippen LogP contribution < -0.4 is 5.46 Å². The first-order valence-corrected chi connectivity index (χ1v) is 6.04. The van der Waals surface area contributed by atoms with Crippen LogP contribution in [0, 0.1) is 0 Å². The van der Waals surface area contributed by atoms with E-state index in [1.54, 1.807) is 30.3 Å². The van der Waals surface area contributed by atoms with Crippen LogP contribution in [-0.4, -0.2) is 28.1 Å². The highest BCUT2D eigenvalue weighted by Gasteiger charge is 2.10. The van der Waals surface area contributed by atoms with E-state index in [0.717, 1.165) is 5.56 Å². The Labute approximate surface area is 116 Å². The van der Waals surface area contributed by atoms with Crippen LogP contribution in [0.15, 0.2) is 54.6 Å². The summed E-state index contributed by atoms with van der Waals surface area (Å²) in [5.74, 6) is -0.0105. The van der Waals surface area contributed by atoms with E-state index in [1.807, 2.05) is 0 Å². The second-order valence-electron chi connectivity index (χ2n) is 4.28. The van der Waals surface area contributed by atoms with Gasteiger partial charge in [-0.3, -0.25) is 4.79 Å². The summed E-state index contributed by atoms with van der Waals surface area (Å²) in [6.07, 6.45) is 3.08. The summed E-state index contributed by atoms with van der Waals surface area (Å²) >= 11 is 0. The Balaban J connectivity index is 2.09. The molecular weight excluding hydrogens is 255 g/mol. The summed E-state index contributed by atoms with van der Waals surface area (Å²) in [6.45, 7) is 0. The maximum absolute atomic E-state index is 11.9. The van der Waals surface area contributed by atoms with Gasteiger partial charge < -0.3 is 15.2 Å². The molecule has 0 aliphatic rings. The standard InChI is InChI=1S/C15H13BO4/c17-14-8-1-11(2-9-14)3-10-15(18)12-4-6-13(7-5-12)16(19)20/h1-10,17,19-20H/b10-3+. The summed E-state index contributed by atoms with van der Waals surface area (Å²) < 4.78 is 0. The molecule has 0 atom stereocenters. The molecule has 2 aromatic carbocycles. The van der Waals surface area contributed by atoms with E-state index in [-0.39, 0.29) is 11.5 Å². The number of ketones is 1. The lowest BCUT2D eigenvalue weighted by Gasteiger charge is -2.00. The summed E-state index contributed by atoms with van der Waals surface area (Å²) in [6, 6.07) is 12.5. The van der Waals surface area contributed by atoms with Gasteiger partial charge in [0.15, 0.2) is 5.78 Å². The first-order chi connectivity index (χ1) is 9.56. The predicted molar refractivity (Wildman–Crippen MR) is 77.7 cm³/mol. The monoisotopic (exact) mass is 268 g/mol. The zero-order valence-corrected chi connectivity index (χ0v) is 10.6. The van der Waals surface area contributed by atoms with Crippen molar-refractivity contribution in [1.82, 2.24) is 0 Å². The number of carbonyl (C=O) groups excluding carboxylic acids is 1. The third kappa shape index (κ3) is 3.57. The number of phenols is 1. The van der Waals surface area contributed by atoms with E-state index in [4.69, 9.17) is 15.2 Å².